The van der Waals surface area contributed by atoms with Gasteiger partial charge in [-0.25, -0.2) is 0 Å². The first kappa shape index (κ1) is 13.7. The number of aromatic nitrogens is 1. The zero-order chi connectivity index (χ0) is 15.1. The van der Waals surface area contributed by atoms with Gasteiger partial charge in [0.1, 0.15) is 12.2 Å². The van der Waals surface area contributed by atoms with Crippen LogP contribution >= 0.6 is 0 Å². The van der Waals surface area contributed by atoms with Crippen molar-refractivity contribution < 1.29 is 14.7 Å². The molecule has 1 aromatic carbocycles. The highest BCUT2D eigenvalue weighted by Gasteiger charge is 2.28. The lowest BCUT2D eigenvalue weighted by Gasteiger charge is -2.15. The molecule has 1 N–H and O–H groups in total. The van der Waals surface area contributed by atoms with Gasteiger partial charge in [0.2, 0.25) is 0 Å². The SMILES string of the molecule is Cc1ccc2c(c1)c1c(n2CC(=O)O)C(=O)N(C)CCC1. The van der Waals surface area contributed by atoms with E-state index in [9.17, 15) is 14.7 Å². The Morgan fingerprint density at radius 2 is 2.14 bits per heavy atom. The fourth-order valence-corrected chi connectivity index (χ4v) is 3.11. The Kier molecular flexibility index (Phi) is 3.20. The first-order chi connectivity index (χ1) is 9.99. The number of fused-ring (bicyclic) bond motifs is 3. The molecule has 0 saturated carbocycles. The van der Waals surface area contributed by atoms with Crippen LogP contribution in [-0.4, -0.2) is 40.0 Å². The zero-order valence-corrected chi connectivity index (χ0v) is 12.2. The molecule has 2 heterocycles. The Bertz CT molecular complexity index is 746. The van der Waals surface area contributed by atoms with Gasteiger partial charge in [-0.2, -0.15) is 0 Å². The molecule has 0 fully saturated rings. The molecule has 1 amide bonds. The number of benzene rings is 1. The summed E-state index contributed by atoms with van der Waals surface area (Å²) in [5.41, 5.74) is 3.47. The predicted octanol–water partition coefficient (Wildman–Crippen LogP) is 2.05. The summed E-state index contributed by atoms with van der Waals surface area (Å²) in [4.78, 5) is 25.5. The van der Waals surface area contributed by atoms with Crippen molar-refractivity contribution in [2.45, 2.75) is 26.3 Å². The molecule has 0 atom stereocenters. The summed E-state index contributed by atoms with van der Waals surface area (Å²) >= 11 is 0. The normalized spacial score (nSPS) is 15.1. The summed E-state index contributed by atoms with van der Waals surface area (Å²) in [6.45, 7) is 2.52. The second-order valence-electron chi connectivity index (χ2n) is 5.66. The van der Waals surface area contributed by atoms with Crippen molar-refractivity contribution in [2.24, 2.45) is 0 Å². The van der Waals surface area contributed by atoms with Gasteiger partial charge >= 0.3 is 5.97 Å². The number of rotatable bonds is 2. The molecule has 0 radical (unpaired) electrons. The summed E-state index contributed by atoms with van der Waals surface area (Å²) in [5, 5.41) is 10.2. The summed E-state index contributed by atoms with van der Waals surface area (Å²) in [5.74, 6) is -1.02. The third-order valence-electron chi connectivity index (χ3n) is 4.09. The predicted molar refractivity (Wildman–Crippen MR) is 79.6 cm³/mol. The van der Waals surface area contributed by atoms with Crippen molar-refractivity contribution in [3.8, 4) is 0 Å². The summed E-state index contributed by atoms with van der Waals surface area (Å²) in [6, 6.07) is 5.91. The summed E-state index contributed by atoms with van der Waals surface area (Å²) < 4.78 is 1.65. The van der Waals surface area contributed by atoms with E-state index < -0.39 is 5.97 Å². The first-order valence-electron chi connectivity index (χ1n) is 7.08. The van der Waals surface area contributed by atoms with E-state index in [1.54, 1.807) is 16.5 Å². The van der Waals surface area contributed by atoms with Crippen LogP contribution in [0.1, 0.15) is 28.0 Å². The minimum absolute atomic E-state index is 0.0856. The molecule has 0 saturated heterocycles. The van der Waals surface area contributed by atoms with Gasteiger partial charge in [-0.1, -0.05) is 11.6 Å². The minimum atomic E-state index is -0.935. The zero-order valence-electron chi connectivity index (χ0n) is 12.2. The number of carboxylic acid groups (broad SMARTS) is 1. The molecule has 2 aromatic rings. The van der Waals surface area contributed by atoms with E-state index in [2.05, 4.69) is 0 Å². The van der Waals surface area contributed by atoms with Crippen molar-refractivity contribution in [1.29, 1.82) is 0 Å². The number of aryl methyl sites for hydroxylation is 2. The van der Waals surface area contributed by atoms with Crippen LogP contribution in [0.5, 0.6) is 0 Å². The molecule has 0 bridgehead atoms. The van der Waals surface area contributed by atoms with E-state index >= 15 is 0 Å². The smallest absolute Gasteiger partial charge is 0.323 e. The minimum Gasteiger partial charge on any atom is -0.480 e. The maximum atomic E-state index is 12.6. The highest BCUT2D eigenvalue weighted by atomic mass is 16.4. The van der Waals surface area contributed by atoms with Crippen LogP contribution in [0.2, 0.25) is 0 Å². The second kappa shape index (κ2) is 4.91. The Morgan fingerprint density at radius 1 is 1.38 bits per heavy atom. The lowest BCUT2D eigenvalue weighted by molar-refractivity contribution is -0.137. The lowest BCUT2D eigenvalue weighted by atomic mass is 10.0. The molecule has 21 heavy (non-hydrogen) atoms. The van der Waals surface area contributed by atoms with Gasteiger partial charge in [0, 0.05) is 24.5 Å². The molecule has 5 heteroatoms. The van der Waals surface area contributed by atoms with Gasteiger partial charge < -0.3 is 14.6 Å². The largest absolute Gasteiger partial charge is 0.480 e. The number of amides is 1. The maximum absolute atomic E-state index is 12.6. The third-order valence-corrected chi connectivity index (χ3v) is 4.09. The average Bonchev–Trinajstić information content (AvgIpc) is 2.61. The number of hydrogen-bond donors (Lipinski definition) is 1. The van der Waals surface area contributed by atoms with Gasteiger partial charge in [-0.3, -0.25) is 9.59 Å². The second-order valence-corrected chi connectivity index (χ2v) is 5.66. The van der Waals surface area contributed by atoms with Crippen LogP contribution in [-0.2, 0) is 17.8 Å². The Balaban J connectivity index is 2.34. The third kappa shape index (κ3) is 2.18. The van der Waals surface area contributed by atoms with Crippen LogP contribution in [0.15, 0.2) is 18.2 Å². The molecule has 1 aliphatic heterocycles. The lowest BCUT2D eigenvalue weighted by Crippen LogP contribution is -2.29. The van der Waals surface area contributed by atoms with Gasteiger partial charge in [0.05, 0.1) is 0 Å². The first-order valence-corrected chi connectivity index (χ1v) is 7.08. The molecule has 3 rings (SSSR count). The molecule has 0 aliphatic carbocycles. The Labute approximate surface area is 122 Å². The van der Waals surface area contributed by atoms with E-state index in [1.165, 1.54) is 0 Å². The molecule has 0 unspecified atom stereocenters. The monoisotopic (exact) mass is 286 g/mol. The molecule has 0 spiro atoms. The quantitative estimate of drug-likeness (QED) is 0.919. The van der Waals surface area contributed by atoms with Crippen LogP contribution < -0.4 is 0 Å². The molecule has 110 valence electrons. The van der Waals surface area contributed by atoms with Crippen molar-refractivity contribution in [2.75, 3.05) is 13.6 Å². The summed E-state index contributed by atoms with van der Waals surface area (Å²) in [7, 11) is 1.77. The van der Waals surface area contributed by atoms with Crippen molar-refractivity contribution >= 4 is 22.8 Å². The standard InChI is InChI=1S/C16H18N2O3/c1-10-5-6-13-12(8-10)11-4-3-7-17(2)16(21)15(11)18(13)9-14(19)20/h5-6,8H,3-4,7,9H2,1-2H3,(H,19,20). The fourth-order valence-electron chi connectivity index (χ4n) is 3.11. The Morgan fingerprint density at radius 3 is 2.86 bits per heavy atom. The molecular formula is C16H18N2O3. The molecule has 5 nitrogen and oxygen atoms in total. The van der Waals surface area contributed by atoms with Gasteiger partial charge in [0.15, 0.2) is 0 Å². The van der Waals surface area contributed by atoms with Gasteiger partial charge in [-0.05, 0) is 37.5 Å². The van der Waals surface area contributed by atoms with E-state index in [4.69, 9.17) is 0 Å². The van der Waals surface area contributed by atoms with Crippen LogP contribution in [0.4, 0.5) is 0 Å². The van der Waals surface area contributed by atoms with Crippen LogP contribution in [0, 0.1) is 6.92 Å². The van der Waals surface area contributed by atoms with E-state index in [-0.39, 0.29) is 12.5 Å². The van der Waals surface area contributed by atoms with Gasteiger partial charge in [-0.15, -0.1) is 0 Å². The highest BCUT2D eigenvalue weighted by Crippen LogP contribution is 2.31. The van der Waals surface area contributed by atoms with Crippen molar-refractivity contribution in [1.82, 2.24) is 9.47 Å². The summed E-state index contributed by atoms with van der Waals surface area (Å²) in [6.07, 6.45) is 1.70. The number of carbonyl (C=O) groups is 2. The molecular weight excluding hydrogens is 268 g/mol. The fraction of sp³-hybridized carbons (Fsp3) is 0.375. The van der Waals surface area contributed by atoms with Crippen LogP contribution in [0.3, 0.4) is 0 Å². The van der Waals surface area contributed by atoms with Crippen molar-refractivity contribution in [3.05, 3.63) is 35.0 Å². The van der Waals surface area contributed by atoms with E-state index in [0.29, 0.717) is 12.2 Å². The number of nitrogens with zero attached hydrogens (tertiary/aromatic N) is 2. The van der Waals surface area contributed by atoms with Crippen molar-refractivity contribution in [3.63, 3.8) is 0 Å². The van der Waals surface area contributed by atoms with E-state index in [1.807, 2.05) is 25.1 Å². The van der Waals surface area contributed by atoms with Gasteiger partial charge in [0.25, 0.3) is 5.91 Å². The molecule has 1 aliphatic rings. The number of aliphatic carboxylic acids is 1. The number of hydrogen-bond acceptors (Lipinski definition) is 2. The number of carbonyl (C=O) groups excluding carboxylic acids is 1. The highest BCUT2D eigenvalue weighted by molar-refractivity contribution is 6.02. The number of carboxylic acids is 1. The van der Waals surface area contributed by atoms with E-state index in [0.717, 1.165) is 34.9 Å². The Hall–Kier alpha value is -2.30. The van der Waals surface area contributed by atoms with Crippen LogP contribution in [0.25, 0.3) is 10.9 Å². The average molecular weight is 286 g/mol. The maximum Gasteiger partial charge on any atom is 0.323 e. The molecule has 1 aromatic heterocycles. The topological polar surface area (TPSA) is 62.5 Å².